The number of carbonyl (C=O) groups excluding carboxylic acids is 1. The van der Waals surface area contributed by atoms with E-state index in [1.807, 2.05) is 30.3 Å². The second-order valence-electron chi connectivity index (χ2n) is 5.04. The second kappa shape index (κ2) is 9.78. The molecule has 0 radical (unpaired) electrons. The average molecular weight is 350 g/mol. The molecule has 0 spiro atoms. The number of rotatable bonds is 8. The van der Waals surface area contributed by atoms with Crippen LogP contribution < -0.4 is 15.8 Å². The van der Waals surface area contributed by atoms with Gasteiger partial charge in [-0.15, -0.1) is 12.4 Å². The summed E-state index contributed by atoms with van der Waals surface area (Å²) in [7, 11) is -3.17. The number of sulfonamides is 1. The van der Waals surface area contributed by atoms with E-state index in [-0.39, 0.29) is 30.3 Å². The van der Waals surface area contributed by atoms with Gasteiger partial charge in [0.05, 0.1) is 12.2 Å². The lowest BCUT2D eigenvalue weighted by molar-refractivity contribution is -0.125. The fraction of sp³-hybridized carbons (Fsp3) is 0.500. The van der Waals surface area contributed by atoms with Gasteiger partial charge in [-0.1, -0.05) is 37.3 Å². The van der Waals surface area contributed by atoms with Crippen molar-refractivity contribution in [1.82, 2.24) is 10.0 Å². The highest BCUT2D eigenvalue weighted by Gasteiger charge is 2.21. The van der Waals surface area contributed by atoms with Crippen LogP contribution in [0.3, 0.4) is 0 Å². The van der Waals surface area contributed by atoms with Crippen LogP contribution in [0.1, 0.15) is 24.9 Å². The summed E-state index contributed by atoms with van der Waals surface area (Å²) in [5, 5.41) is 2.77. The van der Waals surface area contributed by atoms with E-state index in [0.717, 1.165) is 11.8 Å². The van der Waals surface area contributed by atoms with E-state index < -0.39 is 10.0 Å². The third kappa shape index (κ3) is 7.74. The molecule has 1 amide bonds. The molecule has 22 heavy (non-hydrogen) atoms. The quantitative estimate of drug-likeness (QED) is 0.604. The van der Waals surface area contributed by atoms with Crippen molar-refractivity contribution in [3.8, 4) is 0 Å². The largest absolute Gasteiger partial charge is 0.356 e. The molecule has 0 saturated carbocycles. The van der Waals surface area contributed by atoms with E-state index in [2.05, 4.69) is 10.0 Å². The summed E-state index contributed by atoms with van der Waals surface area (Å²) in [5.41, 5.74) is 6.99. The number of nitrogens with two attached hydrogens (primary N) is 1. The molecule has 1 aromatic carbocycles. The average Bonchev–Trinajstić information content (AvgIpc) is 2.44. The molecule has 0 aliphatic carbocycles. The maximum Gasteiger partial charge on any atom is 0.224 e. The van der Waals surface area contributed by atoms with E-state index in [1.165, 1.54) is 0 Å². The van der Waals surface area contributed by atoms with E-state index in [9.17, 15) is 13.2 Å². The highest BCUT2D eigenvalue weighted by atomic mass is 35.5. The van der Waals surface area contributed by atoms with Crippen LogP contribution >= 0.6 is 12.4 Å². The molecule has 6 nitrogen and oxygen atoms in total. The van der Waals surface area contributed by atoms with Gasteiger partial charge < -0.3 is 11.1 Å². The topological polar surface area (TPSA) is 101 Å². The first-order chi connectivity index (χ1) is 9.81. The van der Waals surface area contributed by atoms with Gasteiger partial charge in [-0.25, -0.2) is 13.1 Å². The lowest BCUT2D eigenvalue weighted by Gasteiger charge is -2.19. The third-order valence-electron chi connectivity index (χ3n) is 3.15. The molecule has 0 aliphatic heterocycles. The smallest absolute Gasteiger partial charge is 0.224 e. The van der Waals surface area contributed by atoms with Gasteiger partial charge in [-0.05, 0) is 12.0 Å². The summed E-state index contributed by atoms with van der Waals surface area (Å²) in [6, 6.07) is 9.10. The molecular weight excluding hydrogens is 326 g/mol. The van der Waals surface area contributed by atoms with Crippen molar-refractivity contribution in [3.05, 3.63) is 35.9 Å². The van der Waals surface area contributed by atoms with Crippen LogP contribution in [-0.2, 0) is 14.8 Å². The molecule has 2 unspecified atom stereocenters. The highest BCUT2D eigenvalue weighted by molar-refractivity contribution is 7.88. The van der Waals surface area contributed by atoms with Crippen LogP contribution in [-0.4, -0.2) is 33.7 Å². The Hall–Kier alpha value is -1.15. The summed E-state index contributed by atoms with van der Waals surface area (Å²) in [4.78, 5) is 12.0. The van der Waals surface area contributed by atoms with Gasteiger partial charge in [-0.3, -0.25) is 4.79 Å². The van der Waals surface area contributed by atoms with E-state index >= 15 is 0 Å². The Balaban J connectivity index is 0.00000441. The normalized spacial score (nSPS) is 13.8. The first kappa shape index (κ1) is 20.9. The van der Waals surface area contributed by atoms with Gasteiger partial charge in [0.2, 0.25) is 15.9 Å². The molecule has 8 heteroatoms. The Kier molecular flexibility index (Phi) is 9.27. The van der Waals surface area contributed by atoms with Gasteiger partial charge in [0.15, 0.2) is 0 Å². The van der Waals surface area contributed by atoms with Crippen molar-refractivity contribution in [2.24, 2.45) is 11.7 Å². The minimum atomic E-state index is -3.17. The third-order valence-corrected chi connectivity index (χ3v) is 3.88. The van der Waals surface area contributed by atoms with Crippen molar-refractivity contribution in [3.63, 3.8) is 0 Å². The van der Waals surface area contributed by atoms with E-state index in [4.69, 9.17) is 5.73 Å². The van der Waals surface area contributed by atoms with Gasteiger partial charge in [-0.2, -0.15) is 0 Å². The lowest BCUT2D eigenvalue weighted by Crippen LogP contribution is -2.37. The number of carbonyl (C=O) groups is 1. The van der Waals surface area contributed by atoms with E-state index in [1.54, 1.807) is 6.92 Å². The maximum atomic E-state index is 12.0. The number of amides is 1. The zero-order valence-electron chi connectivity index (χ0n) is 12.8. The van der Waals surface area contributed by atoms with Crippen molar-refractivity contribution in [2.45, 2.75) is 19.4 Å². The van der Waals surface area contributed by atoms with Gasteiger partial charge in [0.25, 0.3) is 0 Å². The number of halogens is 1. The summed E-state index contributed by atoms with van der Waals surface area (Å²) in [6.45, 7) is 2.49. The Morgan fingerprint density at radius 3 is 2.36 bits per heavy atom. The van der Waals surface area contributed by atoms with Crippen LogP contribution in [0, 0.1) is 5.92 Å². The predicted octanol–water partition coefficient (Wildman–Crippen LogP) is 0.800. The fourth-order valence-electron chi connectivity index (χ4n) is 1.85. The SMILES string of the molecule is CC(C(=O)NCCCNS(C)(=O)=O)C(N)c1ccccc1.Cl. The van der Waals surface area contributed by atoms with Crippen LogP contribution in [0.15, 0.2) is 30.3 Å². The molecular formula is C14H24ClN3O3S. The molecule has 0 heterocycles. The molecule has 0 fully saturated rings. The monoisotopic (exact) mass is 349 g/mol. The summed E-state index contributed by atoms with van der Waals surface area (Å²) in [6.07, 6.45) is 1.64. The predicted molar refractivity (Wildman–Crippen MR) is 90.3 cm³/mol. The van der Waals surface area contributed by atoms with Crippen molar-refractivity contribution < 1.29 is 13.2 Å². The standard InChI is InChI=1S/C14H23N3O3S.ClH/c1-11(13(15)12-7-4-3-5-8-12)14(18)16-9-6-10-17-21(2,19)20;/h3-5,7-8,11,13,17H,6,9-10,15H2,1-2H3,(H,16,18);1H. The van der Waals surface area contributed by atoms with Crippen molar-refractivity contribution >= 4 is 28.3 Å². The molecule has 1 aromatic rings. The second-order valence-corrected chi connectivity index (χ2v) is 6.87. The van der Waals surface area contributed by atoms with Crippen LogP contribution in [0.25, 0.3) is 0 Å². The minimum absolute atomic E-state index is 0. The molecule has 2 atom stereocenters. The maximum absolute atomic E-state index is 12.0. The highest BCUT2D eigenvalue weighted by Crippen LogP contribution is 2.18. The molecule has 126 valence electrons. The van der Waals surface area contributed by atoms with Crippen molar-refractivity contribution in [2.75, 3.05) is 19.3 Å². The zero-order chi connectivity index (χ0) is 15.9. The van der Waals surface area contributed by atoms with Crippen LogP contribution in [0.2, 0.25) is 0 Å². The molecule has 4 N–H and O–H groups in total. The molecule has 1 rings (SSSR count). The minimum Gasteiger partial charge on any atom is -0.356 e. The van der Waals surface area contributed by atoms with Gasteiger partial charge in [0.1, 0.15) is 0 Å². The number of nitrogens with one attached hydrogen (secondary N) is 2. The first-order valence-corrected chi connectivity index (χ1v) is 8.73. The van der Waals surface area contributed by atoms with Crippen molar-refractivity contribution in [1.29, 1.82) is 0 Å². The van der Waals surface area contributed by atoms with Gasteiger partial charge in [0, 0.05) is 19.1 Å². The fourth-order valence-corrected chi connectivity index (χ4v) is 2.36. The number of hydrogen-bond acceptors (Lipinski definition) is 4. The Morgan fingerprint density at radius 2 is 1.82 bits per heavy atom. The molecule has 0 aliphatic rings. The Labute approximate surface area is 138 Å². The van der Waals surface area contributed by atoms with Crippen LogP contribution in [0.4, 0.5) is 0 Å². The Morgan fingerprint density at radius 1 is 1.23 bits per heavy atom. The lowest BCUT2D eigenvalue weighted by atomic mass is 9.95. The molecule has 0 aromatic heterocycles. The van der Waals surface area contributed by atoms with E-state index in [0.29, 0.717) is 19.5 Å². The Bertz CT molecular complexity index is 552. The first-order valence-electron chi connectivity index (χ1n) is 6.84. The summed E-state index contributed by atoms with van der Waals surface area (Å²) < 4.78 is 24.1. The van der Waals surface area contributed by atoms with Gasteiger partial charge >= 0.3 is 0 Å². The van der Waals surface area contributed by atoms with Crippen LogP contribution in [0.5, 0.6) is 0 Å². The number of benzene rings is 1. The summed E-state index contributed by atoms with van der Waals surface area (Å²) >= 11 is 0. The molecule has 0 bridgehead atoms. The summed E-state index contributed by atoms with van der Waals surface area (Å²) in [5.74, 6) is -0.485. The number of hydrogen-bond donors (Lipinski definition) is 3. The molecule has 0 saturated heterocycles. The zero-order valence-corrected chi connectivity index (χ0v) is 14.4.